The lowest BCUT2D eigenvalue weighted by Gasteiger charge is -2.37. The molecule has 106 valence electrons. The number of hydrogen-bond donors (Lipinski definition) is 0. The number of benzene rings is 1. The predicted molar refractivity (Wildman–Crippen MR) is 81.5 cm³/mol. The third-order valence-electron chi connectivity index (χ3n) is 3.86. The van der Waals surface area contributed by atoms with Crippen molar-refractivity contribution in [2.24, 2.45) is 0 Å². The zero-order valence-corrected chi connectivity index (χ0v) is 12.3. The second kappa shape index (κ2) is 6.08. The van der Waals surface area contributed by atoms with E-state index in [4.69, 9.17) is 4.74 Å². The highest BCUT2D eigenvalue weighted by Gasteiger charge is 2.37. The SMILES string of the molecule is C=C(C)C(=O)OC1(C/C=C\C)CCc2ccccc2C1. The fraction of sp³-hybridized carbons (Fsp3) is 0.389. The van der Waals surface area contributed by atoms with E-state index >= 15 is 0 Å². The van der Waals surface area contributed by atoms with Crippen molar-refractivity contribution in [3.63, 3.8) is 0 Å². The summed E-state index contributed by atoms with van der Waals surface area (Å²) in [6, 6.07) is 8.41. The highest BCUT2D eigenvalue weighted by atomic mass is 16.6. The predicted octanol–water partition coefficient (Wildman–Crippen LogP) is 4.00. The number of hydrogen-bond acceptors (Lipinski definition) is 2. The molecule has 2 heteroatoms. The number of rotatable bonds is 4. The average Bonchev–Trinajstić information content (AvgIpc) is 2.45. The van der Waals surface area contributed by atoms with Gasteiger partial charge in [0.2, 0.25) is 0 Å². The van der Waals surface area contributed by atoms with E-state index in [1.165, 1.54) is 11.1 Å². The van der Waals surface area contributed by atoms with Gasteiger partial charge in [0.1, 0.15) is 5.60 Å². The lowest BCUT2D eigenvalue weighted by atomic mass is 9.78. The molecule has 0 fully saturated rings. The van der Waals surface area contributed by atoms with Crippen LogP contribution in [0, 0.1) is 0 Å². The third-order valence-corrected chi connectivity index (χ3v) is 3.86. The minimum absolute atomic E-state index is 0.283. The fourth-order valence-electron chi connectivity index (χ4n) is 2.69. The van der Waals surface area contributed by atoms with Crippen molar-refractivity contribution in [3.8, 4) is 0 Å². The molecule has 0 amide bonds. The molecule has 0 aliphatic heterocycles. The molecule has 0 aromatic heterocycles. The molecule has 0 N–H and O–H groups in total. The highest BCUT2D eigenvalue weighted by molar-refractivity contribution is 5.87. The Balaban J connectivity index is 2.25. The molecule has 20 heavy (non-hydrogen) atoms. The molecule has 0 radical (unpaired) electrons. The molecular formula is C18H22O2. The topological polar surface area (TPSA) is 26.3 Å². The zero-order valence-electron chi connectivity index (χ0n) is 12.3. The van der Waals surface area contributed by atoms with Gasteiger partial charge < -0.3 is 4.74 Å². The van der Waals surface area contributed by atoms with Gasteiger partial charge in [-0.15, -0.1) is 0 Å². The van der Waals surface area contributed by atoms with E-state index in [1.54, 1.807) is 6.92 Å². The largest absolute Gasteiger partial charge is 0.455 e. The molecule has 1 unspecified atom stereocenters. The first kappa shape index (κ1) is 14.6. The number of allylic oxidation sites excluding steroid dienone is 1. The molecule has 2 nitrogen and oxygen atoms in total. The molecule has 0 spiro atoms. The van der Waals surface area contributed by atoms with E-state index in [0.717, 1.165) is 25.7 Å². The monoisotopic (exact) mass is 270 g/mol. The summed E-state index contributed by atoms with van der Waals surface area (Å²) >= 11 is 0. The summed E-state index contributed by atoms with van der Waals surface area (Å²) in [6.07, 6.45) is 7.46. The number of ether oxygens (including phenoxy) is 1. The van der Waals surface area contributed by atoms with Gasteiger partial charge in [0.25, 0.3) is 0 Å². The molecule has 2 rings (SSSR count). The van der Waals surface area contributed by atoms with Crippen LogP contribution in [-0.4, -0.2) is 11.6 Å². The van der Waals surface area contributed by atoms with Crippen LogP contribution in [0.1, 0.15) is 37.8 Å². The normalized spacial score (nSPS) is 21.5. The second-order valence-electron chi connectivity index (χ2n) is 5.57. The lowest BCUT2D eigenvalue weighted by Crippen LogP contribution is -2.40. The number of esters is 1. The van der Waals surface area contributed by atoms with E-state index < -0.39 is 5.60 Å². The van der Waals surface area contributed by atoms with Crippen molar-refractivity contribution in [1.29, 1.82) is 0 Å². The summed E-state index contributed by atoms with van der Waals surface area (Å²) in [5.41, 5.74) is 2.70. The summed E-state index contributed by atoms with van der Waals surface area (Å²) in [5.74, 6) is -0.283. The van der Waals surface area contributed by atoms with Crippen LogP contribution in [0.4, 0.5) is 0 Å². The Morgan fingerprint density at radius 2 is 2.10 bits per heavy atom. The van der Waals surface area contributed by atoms with Crippen molar-refractivity contribution >= 4 is 5.97 Å². The summed E-state index contributed by atoms with van der Waals surface area (Å²) < 4.78 is 5.81. The van der Waals surface area contributed by atoms with Gasteiger partial charge in [-0.1, -0.05) is 43.0 Å². The lowest BCUT2D eigenvalue weighted by molar-refractivity contribution is -0.155. The molecule has 1 aliphatic carbocycles. The first-order valence-electron chi connectivity index (χ1n) is 7.13. The Kier molecular flexibility index (Phi) is 4.43. The molecule has 0 saturated heterocycles. The molecule has 1 aliphatic rings. The molecule has 0 bridgehead atoms. The van der Waals surface area contributed by atoms with E-state index in [-0.39, 0.29) is 5.97 Å². The zero-order chi connectivity index (χ0) is 14.6. The first-order chi connectivity index (χ1) is 9.56. The maximum atomic E-state index is 11.9. The summed E-state index contributed by atoms with van der Waals surface area (Å²) in [5, 5.41) is 0. The van der Waals surface area contributed by atoms with Crippen LogP contribution in [0.25, 0.3) is 0 Å². The summed E-state index contributed by atoms with van der Waals surface area (Å²) in [4.78, 5) is 11.9. The molecule has 0 heterocycles. The quantitative estimate of drug-likeness (QED) is 0.469. The van der Waals surface area contributed by atoms with Crippen LogP contribution in [0.3, 0.4) is 0 Å². The Hall–Kier alpha value is -1.83. The fourth-order valence-corrected chi connectivity index (χ4v) is 2.69. The van der Waals surface area contributed by atoms with Gasteiger partial charge in [0, 0.05) is 18.4 Å². The van der Waals surface area contributed by atoms with Crippen molar-refractivity contribution in [1.82, 2.24) is 0 Å². The van der Waals surface area contributed by atoms with Gasteiger partial charge in [-0.25, -0.2) is 4.79 Å². The second-order valence-corrected chi connectivity index (χ2v) is 5.57. The van der Waals surface area contributed by atoms with Gasteiger partial charge in [-0.2, -0.15) is 0 Å². The van der Waals surface area contributed by atoms with E-state index in [2.05, 4.69) is 30.9 Å². The molecule has 1 atom stereocenters. The maximum Gasteiger partial charge on any atom is 0.333 e. The van der Waals surface area contributed by atoms with Crippen molar-refractivity contribution in [2.45, 2.75) is 45.1 Å². The Bertz CT molecular complexity index is 542. The standard InChI is InChI=1S/C18H22O2/c1-4-5-11-18(20-17(19)14(2)3)12-10-15-8-6-7-9-16(15)13-18/h4-9H,2,10-13H2,1,3H3/b5-4-. The molecule has 0 saturated carbocycles. The van der Waals surface area contributed by atoms with Crippen molar-refractivity contribution < 1.29 is 9.53 Å². The Morgan fingerprint density at radius 1 is 1.40 bits per heavy atom. The van der Waals surface area contributed by atoms with E-state index in [1.807, 2.05) is 19.1 Å². The summed E-state index contributed by atoms with van der Waals surface area (Å²) in [6.45, 7) is 7.37. The van der Waals surface area contributed by atoms with Gasteiger partial charge >= 0.3 is 5.97 Å². The Labute approximate surface area is 121 Å². The number of carbonyl (C=O) groups is 1. The molecule has 1 aromatic rings. The first-order valence-corrected chi connectivity index (χ1v) is 7.13. The van der Waals surface area contributed by atoms with Crippen LogP contribution in [0.15, 0.2) is 48.6 Å². The molecule has 1 aromatic carbocycles. The van der Waals surface area contributed by atoms with Crippen LogP contribution in [0.2, 0.25) is 0 Å². The average molecular weight is 270 g/mol. The molecular weight excluding hydrogens is 248 g/mol. The van der Waals surface area contributed by atoms with E-state index in [0.29, 0.717) is 5.57 Å². The third kappa shape index (κ3) is 3.19. The van der Waals surface area contributed by atoms with Crippen molar-refractivity contribution in [3.05, 3.63) is 59.7 Å². The van der Waals surface area contributed by atoms with Crippen molar-refractivity contribution in [2.75, 3.05) is 0 Å². The number of fused-ring (bicyclic) bond motifs is 1. The minimum atomic E-state index is -0.420. The van der Waals surface area contributed by atoms with Gasteiger partial charge in [0.15, 0.2) is 0 Å². The number of carbonyl (C=O) groups excluding carboxylic acids is 1. The van der Waals surface area contributed by atoms with Gasteiger partial charge in [-0.3, -0.25) is 0 Å². The van der Waals surface area contributed by atoms with Crippen LogP contribution >= 0.6 is 0 Å². The minimum Gasteiger partial charge on any atom is -0.455 e. The highest BCUT2D eigenvalue weighted by Crippen LogP contribution is 2.35. The Morgan fingerprint density at radius 3 is 2.75 bits per heavy atom. The summed E-state index contributed by atoms with van der Waals surface area (Å²) in [7, 11) is 0. The van der Waals surface area contributed by atoms with Gasteiger partial charge in [0.05, 0.1) is 0 Å². The van der Waals surface area contributed by atoms with Crippen LogP contribution in [0.5, 0.6) is 0 Å². The van der Waals surface area contributed by atoms with E-state index in [9.17, 15) is 4.79 Å². The number of aryl methyl sites for hydroxylation is 1. The maximum absolute atomic E-state index is 11.9. The smallest absolute Gasteiger partial charge is 0.333 e. The van der Waals surface area contributed by atoms with Crippen LogP contribution < -0.4 is 0 Å². The van der Waals surface area contributed by atoms with Gasteiger partial charge in [-0.05, 0) is 37.8 Å². The van der Waals surface area contributed by atoms with Crippen LogP contribution in [-0.2, 0) is 22.4 Å².